The van der Waals surface area contributed by atoms with Crippen molar-refractivity contribution in [3.05, 3.63) is 29.8 Å². The summed E-state index contributed by atoms with van der Waals surface area (Å²) >= 11 is 0. The number of urea groups is 1. The molecule has 0 aliphatic heterocycles. The van der Waals surface area contributed by atoms with Crippen molar-refractivity contribution in [3.63, 3.8) is 0 Å². The molecule has 0 radical (unpaired) electrons. The van der Waals surface area contributed by atoms with E-state index >= 15 is 0 Å². The maximum Gasteiger partial charge on any atom is 0.333 e. The van der Waals surface area contributed by atoms with Crippen LogP contribution in [0.1, 0.15) is 52.5 Å². The third-order valence-electron chi connectivity index (χ3n) is 5.06. The molecule has 0 heterocycles. The van der Waals surface area contributed by atoms with Crippen LogP contribution in [0.15, 0.2) is 24.3 Å². The first-order valence-electron chi connectivity index (χ1n) is 11.0. The van der Waals surface area contributed by atoms with Crippen LogP contribution in [0, 0.1) is 5.92 Å². The SMILES string of the molecule is CCCNC(=O)N(CCOc1ccc(CC(OCC)C(=O)O)cc1)CC(CC)CC. The van der Waals surface area contributed by atoms with Crippen molar-refractivity contribution in [2.24, 2.45) is 5.92 Å². The van der Waals surface area contributed by atoms with Gasteiger partial charge < -0.3 is 24.8 Å². The van der Waals surface area contributed by atoms with Crippen molar-refractivity contribution in [1.82, 2.24) is 10.2 Å². The number of amides is 2. The van der Waals surface area contributed by atoms with Crippen molar-refractivity contribution < 1.29 is 24.2 Å². The summed E-state index contributed by atoms with van der Waals surface area (Å²) < 4.78 is 11.1. The fraction of sp³-hybridized carbons (Fsp3) is 0.652. The number of carbonyl (C=O) groups is 2. The summed E-state index contributed by atoms with van der Waals surface area (Å²) in [6.07, 6.45) is 2.44. The zero-order valence-corrected chi connectivity index (χ0v) is 18.9. The van der Waals surface area contributed by atoms with Gasteiger partial charge in [-0.2, -0.15) is 0 Å². The number of carbonyl (C=O) groups excluding carboxylic acids is 1. The van der Waals surface area contributed by atoms with E-state index in [2.05, 4.69) is 19.2 Å². The third-order valence-corrected chi connectivity index (χ3v) is 5.06. The number of nitrogens with zero attached hydrogens (tertiary/aromatic N) is 1. The molecule has 0 saturated heterocycles. The minimum Gasteiger partial charge on any atom is -0.492 e. The molecule has 1 rings (SSSR count). The van der Waals surface area contributed by atoms with Crippen molar-refractivity contribution in [1.29, 1.82) is 0 Å². The van der Waals surface area contributed by atoms with Gasteiger partial charge in [-0.05, 0) is 37.0 Å². The van der Waals surface area contributed by atoms with Gasteiger partial charge in [0.2, 0.25) is 0 Å². The highest BCUT2D eigenvalue weighted by atomic mass is 16.5. The molecule has 0 spiro atoms. The second-order valence-corrected chi connectivity index (χ2v) is 7.34. The minimum atomic E-state index is -0.962. The summed E-state index contributed by atoms with van der Waals surface area (Å²) in [5, 5.41) is 12.1. The molecule has 1 aromatic rings. The number of nitrogens with one attached hydrogen (secondary N) is 1. The van der Waals surface area contributed by atoms with Crippen LogP contribution >= 0.6 is 0 Å². The molecule has 7 nitrogen and oxygen atoms in total. The smallest absolute Gasteiger partial charge is 0.333 e. The molecule has 1 unspecified atom stereocenters. The standard InChI is InChI=1S/C23H38N2O5/c1-5-13-24-23(28)25(17-18(6-2)7-3)14-15-30-20-11-9-19(10-12-20)16-21(22(26)27)29-8-4/h9-12,18,21H,5-8,13-17H2,1-4H3,(H,24,28)(H,26,27). The minimum absolute atomic E-state index is 0.0432. The third kappa shape index (κ3) is 9.48. The van der Waals surface area contributed by atoms with Gasteiger partial charge in [0.25, 0.3) is 0 Å². The molecular weight excluding hydrogens is 384 g/mol. The predicted molar refractivity (Wildman–Crippen MR) is 118 cm³/mol. The second-order valence-electron chi connectivity index (χ2n) is 7.34. The normalized spacial score (nSPS) is 11.9. The maximum absolute atomic E-state index is 12.5. The highest BCUT2D eigenvalue weighted by molar-refractivity contribution is 5.74. The monoisotopic (exact) mass is 422 g/mol. The first-order valence-corrected chi connectivity index (χ1v) is 11.0. The Morgan fingerprint density at radius 2 is 1.77 bits per heavy atom. The molecule has 2 N–H and O–H groups in total. The van der Waals surface area contributed by atoms with Crippen molar-refractivity contribution in [2.75, 3.05) is 32.8 Å². The maximum atomic E-state index is 12.5. The number of hydrogen-bond acceptors (Lipinski definition) is 4. The zero-order chi connectivity index (χ0) is 22.4. The van der Waals surface area contributed by atoms with Gasteiger partial charge in [-0.25, -0.2) is 9.59 Å². The molecule has 2 amide bonds. The van der Waals surface area contributed by atoms with E-state index < -0.39 is 12.1 Å². The molecule has 0 fully saturated rings. The van der Waals surface area contributed by atoms with Gasteiger partial charge in [0.05, 0.1) is 6.54 Å². The lowest BCUT2D eigenvalue weighted by Gasteiger charge is -2.27. The van der Waals surface area contributed by atoms with Gasteiger partial charge in [-0.3, -0.25) is 0 Å². The highest BCUT2D eigenvalue weighted by Gasteiger charge is 2.18. The summed E-state index contributed by atoms with van der Waals surface area (Å²) in [5.41, 5.74) is 0.873. The average Bonchev–Trinajstić information content (AvgIpc) is 2.75. The summed E-state index contributed by atoms with van der Waals surface area (Å²) in [6, 6.07) is 7.30. The largest absolute Gasteiger partial charge is 0.492 e. The van der Waals surface area contributed by atoms with Crippen LogP contribution in [0.4, 0.5) is 4.79 Å². The van der Waals surface area contributed by atoms with Gasteiger partial charge in [-0.1, -0.05) is 45.7 Å². The number of ether oxygens (including phenoxy) is 2. The van der Waals surface area contributed by atoms with Crippen LogP contribution in [0.5, 0.6) is 5.75 Å². The number of carboxylic acids is 1. The van der Waals surface area contributed by atoms with Crippen LogP contribution in [0.3, 0.4) is 0 Å². The van der Waals surface area contributed by atoms with Gasteiger partial charge in [0.15, 0.2) is 6.10 Å². The van der Waals surface area contributed by atoms with E-state index in [-0.39, 0.29) is 6.03 Å². The van der Waals surface area contributed by atoms with Crippen molar-refractivity contribution in [2.45, 2.75) is 59.5 Å². The Balaban J connectivity index is 2.60. The van der Waals surface area contributed by atoms with E-state index in [0.717, 1.165) is 31.4 Å². The fourth-order valence-corrected chi connectivity index (χ4v) is 3.11. The second kappa shape index (κ2) is 14.7. The Kier molecular flexibility index (Phi) is 12.6. The molecule has 170 valence electrons. The average molecular weight is 423 g/mol. The Morgan fingerprint density at radius 1 is 1.10 bits per heavy atom. The lowest BCUT2D eigenvalue weighted by atomic mass is 10.0. The molecule has 1 atom stereocenters. The Bertz CT molecular complexity index is 617. The molecule has 0 bridgehead atoms. The van der Waals surface area contributed by atoms with Gasteiger partial charge >= 0.3 is 12.0 Å². The van der Waals surface area contributed by atoms with E-state index in [9.17, 15) is 14.7 Å². The highest BCUT2D eigenvalue weighted by Crippen LogP contribution is 2.15. The first kappa shape index (κ1) is 25.8. The molecule has 0 aromatic heterocycles. The quantitative estimate of drug-likeness (QED) is 0.447. The number of aliphatic carboxylic acids is 1. The molecule has 0 aliphatic carbocycles. The van der Waals surface area contributed by atoms with Crippen LogP contribution in [-0.2, 0) is 16.0 Å². The zero-order valence-electron chi connectivity index (χ0n) is 18.9. The van der Waals surface area contributed by atoms with Gasteiger partial charge in [0.1, 0.15) is 12.4 Å². The summed E-state index contributed by atoms with van der Waals surface area (Å²) in [4.78, 5) is 25.5. The van der Waals surface area contributed by atoms with Crippen LogP contribution in [0.25, 0.3) is 0 Å². The molecule has 7 heteroatoms. The van der Waals surface area contributed by atoms with Gasteiger partial charge in [-0.15, -0.1) is 0 Å². The molecule has 1 aromatic carbocycles. The predicted octanol–water partition coefficient (Wildman–Crippen LogP) is 3.96. The fourth-order valence-electron chi connectivity index (χ4n) is 3.11. The number of rotatable bonds is 15. The lowest BCUT2D eigenvalue weighted by Crippen LogP contribution is -2.44. The van der Waals surface area contributed by atoms with E-state index in [1.54, 1.807) is 6.92 Å². The molecule has 0 saturated carbocycles. The number of hydrogen-bond donors (Lipinski definition) is 2. The topological polar surface area (TPSA) is 88.1 Å². The molecular formula is C23H38N2O5. The Hall–Kier alpha value is -2.28. The Labute approximate surface area is 180 Å². The van der Waals surface area contributed by atoms with E-state index in [1.165, 1.54) is 0 Å². The number of benzene rings is 1. The van der Waals surface area contributed by atoms with Crippen LogP contribution < -0.4 is 10.1 Å². The van der Waals surface area contributed by atoms with Crippen LogP contribution in [0.2, 0.25) is 0 Å². The van der Waals surface area contributed by atoms with E-state index in [1.807, 2.05) is 36.1 Å². The lowest BCUT2D eigenvalue weighted by molar-refractivity contribution is -0.149. The summed E-state index contributed by atoms with van der Waals surface area (Å²) in [7, 11) is 0. The van der Waals surface area contributed by atoms with Crippen LogP contribution in [-0.4, -0.2) is 61.0 Å². The van der Waals surface area contributed by atoms with Crippen molar-refractivity contribution in [3.8, 4) is 5.75 Å². The molecule has 0 aliphatic rings. The van der Waals surface area contributed by atoms with E-state index in [0.29, 0.717) is 44.4 Å². The number of carboxylic acid groups (broad SMARTS) is 1. The summed E-state index contributed by atoms with van der Waals surface area (Å²) in [5.74, 6) is 0.207. The summed E-state index contributed by atoms with van der Waals surface area (Å²) in [6.45, 7) is 10.8. The Morgan fingerprint density at radius 3 is 2.30 bits per heavy atom. The molecule has 30 heavy (non-hydrogen) atoms. The van der Waals surface area contributed by atoms with Crippen molar-refractivity contribution >= 4 is 12.0 Å². The van der Waals surface area contributed by atoms with E-state index in [4.69, 9.17) is 9.47 Å². The first-order chi connectivity index (χ1) is 14.4. The van der Waals surface area contributed by atoms with Gasteiger partial charge in [0, 0.05) is 26.1 Å².